The third-order valence-electron chi connectivity index (χ3n) is 9.30. The number of aliphatic hydroxyl groups is 1. The number of sulfonamides is 1. The van der Waals surface area contributed by atoms with E-state index in [4.69, 9.17) is 0 Å². The van der Waals surface area contributed by atoms with E-state index in [2.05, 4.69) is 20.9 Å². The van der Waals surface area contributed by atoms with E-state index in [0.717, 1.165) is 39.2 Å². The summed E-state index contributed by atoms with van der Waals surface area (Å²) in [4.78, 5) is 31.9. The normalized spacial score (nSPS) is 16.1. The quantitative estimate of drug-likeness (QED) is 0.122. The Bertz CT molecular complexity index is 1980. The van der Waals surface area contributed by atoms with Crippen molar-refractivity contribution in [1.29, 1.82) is 0 Å². The van der Waals surface area contributed by atoms with Crippen LogP contribution in [0.4, 0.5) is 4.39 Å². The first-order chi connectivity index (χ1) is 24.5. The third kappa shape index (κ3) is 9.81. The number of carbonyl (C=O) groups is 2. The molecule has 280 valence electrons. The molecule has 1 heterocycles. The van der Waals surface area contributed by atoms with Crippen LogP contribution < -0.4 is 16.0 Å². The van der Waals surface area contributed by atoms with Crippen LogP contribution in [0.15, 0.2) is 77.7 Å². The second-order valence-electron chi connectivity index (χ2n) is 15.3. The van der Waals surface area contributed by atoms with Crippen LogP contribution >= 0.6 is 11.3 Å². The van der Waals surface area contributed by atoms with Gasteiger partial charge >= 0.3 is 0 Å². The predicted octanol–water partition coefficient (Wildman–Crippen LogP) is 5.29. The minimum absolute atomic E-state index is 0.0525. The molecule has 1 fully saturated rings. The van der Waals surface area contributed by atoms with Crippen LogP contribution in [0.1, 0.15) is 63.6 Å². The molecule has 2 amide bonds. The molecule has 52 heavy (non-hydrogen) atoms. The van der Waals surface area contributed by atoms with Crippen LogP contribution in [-0.4, -0.2) is 72.4 Å². The number of aliphatic hydroxyl groups excluding tert-OH is 1. The summed E-state index contributed by atoms with van der Waals surface area (Å²) < 4.78 is 44.2. The number of carbonyl (C=O) groups excluding carboxylic acids is 2. The summed E-state index contributed by atoms with van der Waals surface area (Å²) in [5, 5.41) is 21.8. The van der Waals surface area contributed by atoms with Crippen LogP contribution in [-0.2, 0) is 31.6 Å². The van der Waals surface area contributed by atoms with Crippen LogP contribution in [0, 0.1) is 24.1 Å². The van der Waals surface area contributed by atoms with Crippen LogP contribution in [0.5, 0.6) is 0 Å². The SMILES string of the molecule is Cc1nc2ccc(S(=O)(=O)N(CC(C)C)C[C@@H](O)[C@H](Cc3ccccc3)NC(=O)[C@@H](NC(=O)CNC3(c4cccc(F)c4)CC3)C(C)(C)C)cc2s1. The zero-order chi connectivity index (χ0) is 37.8. The van der Waals surface area contributed by atoms with Crippen molar-refractivity contribution in [3.8, 4) is 0 Å². The maximum atomic E-state index is 14.1. The molecule has 0 radical (unpaired) electrons. The third-order valence-corrected chi connectivity index (χ3v) is 12.1. The van der Waals surface area contributed by atoms with E-state index in [9.17, 15) is 27.5 Å². The first-order valence-corrected chi connectivity index (χ1v) is 19.9. The van der Waals surface area contributed by atoms with E-state index in [0.29, 0.717) is 0 Å². The first-order valence-electron chi connectivity index (χ1n) is 17.7. The van der Waals surface area contributed by atoms with Crippen LogP contribution in [0.25, 0.3) is 10.2 Å². The van der Waals surface area contributed by atoms with Crippen molar-refractivity contribution in [2.75, 3.05) is 19.6 Å². The molecule has 1 saturated carbocycles. The molecule has 1 aliphatic rings. The molecule has 13 heteroatoms. The molecular weight excluding hydrogens is 702 g/mol. The van der Waals surface area contributed by atoms with Crippen molar-refractivity contribution < 1.29 is 27.5 Å². The highest BCUT2D eigenvalue weighted by molar-refractivity contribution is 7.89. The standard InChI is InChI=1S/C39H50FN5O5S2/c1-25(2)23-45(52(49,50)30-15-16-31-34(21-30)51-26(3)42-31)24-33(46)32(19-27-11-8-7-9-12-27)43-37(48)36(38(4,5)6)44-35(47)22-41-39(17-18-39)28-13-10-14-29(40)20-28/h7-16,20-21,25,32-33,36,41,46H,17-19,22-24H2,1-6H3,(H,43,48)(H,44,47)/t32-,33+,36+/m0/s1. The number of benzene rings is 3. The Morgan fingerprint density at radius 3 is 2.35 bits per heavy atom. The van der Waals surface area contributed by atoms with Gasteiger partial charge < -0.3 is 15.7 Å². The molecule has 0 aliphatic heterocycles. The molecule has 1 aliphatic carbocycles. The lowest BCUT2D eigenvalue weighted by atomic mass is 9.85. The summed E-state index contributed by atoms with van der Waals surface area (Å²) in [6.45, 7) is 11.0. The van der Waals surface area contributed by atoms with Gasteiger partial charge in [0, 0.05) is 18.6 Å². The monoisotopic (exact) mass is 751 g/mol. The Balaban J connectivity index is 1.34. The summed E-state index contributed by atoms with van der Waals surface area (Å²) in [6, 6.07) is 18.6. The number of nitrogens with one attached hydrogen (secondary N) is 3. The Morgan fingerprint density at radius 1 is 1.00 bits per heavy atom. The summed E-state index contributed by atoms with van der Waals surface area (Å²) in [5.74, 6) is -1.30. The minimum Gasteiger partial charge on any atom is -0.390 e. The number of halogens is 1. The zero-order valence-corrected chi connectivity index (χ0v) is 32.3. The van der Waals surface area contributed by atoms with Gasteiger partial charge in [-0.2, -0.15) is 4.31 Å². The fraction of sp³-hybridized carbons (Fsp3) is 0.462. The summed E-state index contributed by atoms with van der Waals surface area (Å²) in [5.41, 5.74) is 1.12. The Labute approximate surface area is 310 Å². The van der Waals surface area contributed by atoms with Gasteiger partial charge in [0.05, 0.1) is 38.8 Å². The molecule has 3 atom stereocenters. The average molecular weight is 752 g/mol. The molecule has 4 aromatic rings. The van der Waals surface area contributed by atoms with Crippen molar-refractivity contribution in [2.24, 2.45) is 11.3 Å². The fourth-order valence-electron chi connectivity index (χ4n) is 6.38. The zero-order valence-electron chi connectivity index (χ0n) is 30.6. The predicted molar refractivity (Wildman–Crippen MR) is 203 cm³/mol. The Kier molecular flexibility index (Phi) is 12.2. The van der Waals surface area contributed by atoms with Gasteiger partial charge in [-0.25, -0.2) is 17.8 Å². The van der Waals surface area contributed by atoms with Gasteiger partial charge in [-0.3, -0.25) is 14.9 Å². The van der Waals surface area contributed by atoms with Gasteiger partial charge in [-0.05, 0) is 79.0 Å². The van der Waals surface area contributed by atoms with E-state index in [1.165, 1.54) is 33.8 Å². The molecular formula is C39H50FN5O5S2. The largest absolute Gasteiger partial charge is 0.390 e. The second kappa shape index (κ2) is 16.1. The Morgan fingerprint density at radius 2 is 1.71 bits per heavy atom. The highest BCUT2D eigenvalue weighted by Gasteiger charge is 2.45. The first kappa shape index (κ1) is 39.5. The Hall–Kier alpha value is -3.75. The molecule has 1 aromatic heterocycles. The maximum absolute atomic E-state index is 14.1. The highest BCUT2D eigenvalue weighted by Crippen LogP contribution is 2.45. The second-order valence-corrected chi connectivity index (χ2v) is 18.4. The number of hydrogen-bond acceptors (Lipinski definition) is 8. The number of hydrogen-bond donors (Lipinski definition) is 4. The molecule has 0 saturated heterocycles. The highest BCUT2D eigenvalue weighted by atomic mass is 32.2. The van der Waals surface area contributed by atoms with Crippen molar-refractivity contribution in [1.82, 2.24) is 25.2 Å². The number of aryl methyl sites for hydroxylation is 1. The van der Waals surface area contributed by atoms with E-state index < -0.39 is 51.0 Å². The van der Waals surface area contributed by atoms with Crippen molar-refractivity contribution in [3.05, 3.63) is 94.7 Å². The molecule has 5 rings (SSSR count). The summed E-state index contributed by atoms with van der Waals surface area (Å²) in [7, 11) is -4.04. The molecule has 10 nitrogen and oxygen atoms in total. The van der Waals surface area contributed by atoms with Crippen molar-refractivity contribution in [2.45, 2.75) is 89.4 Å². The molecule has 0 unspecified atom stereocenters. The van der Waals surface area contributed by atoms with E-state index in [1.54, 1.807) is 18.2 Å². The van der Waals surface area contributed by atoms with Crippen molar-refractivity contribution >= 4 is 43.4 Å². The van der Waals surface area contributed by atoms with Gasteiger partial charge in [-0.1, -0.05) is 77.1 Å². The number of rotatable bonds is 16. The number of amides is 2. The number of aromatic nitrogens is 1. The smallest absolute Gasteiger partial charge is 0.243 e. The molecule has 4 N–H and O–H groups in total. The fourth-order valence-corrected chi connectivity index (χ4v) is 8.97. The lowest BCUT2D eigenvalue weighted by molar-refractivity contribution is -0.132. The minimum atomic E-state index is -4.04. The van der Waals surface area contributed by atoms with Gasteiger partial charge in [0.15, 0.2) is 0 Å². The average Bonchev–Trinajstić information content (AvgIpc) is 3.78. The number of fused-ring (bicyclic) bond motifs is 1. The van der Waals surface area contributed by atoms with E-state index >= 15 is 0 Å². The maximum Gasteiger partial charge on any atom is 0.243 e. The van der Waals surface area contributed by atoms with Gasteiger partial charge in [0.1, 0.15) is 11.9 Å². The lowest BCUT2D eigenvalue weighted by Gasteiger charge is -2.34. The van der Waals surface area contributed by atoms with Crippen LogP contribution in [0.3, 0.4) is 0 Å². The lowest BCUT2D eigenvalue weighted by Crippen LogP contribution is -2.59. The van der Waals surface area contributed by atoms with Crippen molar-refractivity contribution in [3.63, 3.8) is 0 Å². The van der Waals surface area contributed by atoms with E-state index in [1.807, 2.05) is 77.9 Å². The van der Waals surface area contributed by atoms with Gasteiger partial charge in [0.2, 0.25) is 21.8 Å². The molecule has 0 bridgehead atoms. The number of thiazole rings is 1. The van der Waals surface area contributed by atoms with Crippen LogP contribution in [0.2, 0.25) is 0 Å². The number of nitrogens with zero attached hydrogens (tertiary/aromatic N) is 2. The topological polar surface area (TPSA) is 141 Å². The van der Waals surface area contributed by atoms with Gasteiger partial charge in [0.25, 0.3) is 0 Å². The summed E-state index contributed by atoms with van der Waals surface area (Å²) in [6.07, 6.45) is 0.438. The van der Waals surface area contributed by atoms with E-state index in [-0.39, 0.29) is 42.7 Å². The summed E-state index contributed by atoms with van der Waals surface area (Å²) >= 11 is 1.41. The van der Waals surface area contributed by atoms with Gasteiger partial charge in [-0.15, -0.1) is 11.3 Å². The molecule has 3 aromatic carbocycles. The molecule has 0 spiro atoms.